The van der Waals surface area contributed by atoms with E-state index in [9.17, 15) is 9.59 Å². The molecule has 3 N–H and O–H groups in total. The molecular formula is C19H18N4O3S. The number of aryl methyl sites for hydroxylation is 1. The summed E-state index contributed by atoms with van der Waals surface area (Å²) >= 11 is 1.43. The van der Waals surface area contributed by atoms with Crippen molar-refractivity contribution < 1.29 is 14.1 Å². The second-order valence-electron chi connectivity index (χ2n) is 5.82. The Morgan fingerprint density at radius 3 is 2.56 bits per heavy atom. The number of aromatic nitrogens is 2. The van der Waals surface area contributed by atoms with Crippen LogP contribution >= 0.6 is 11.8 Å². The average molecular weight is 382 g/mol. The predicted octanol–water partition coefficient (Wildman–Crippen LogP) is 3.33. The molecule has 0 aliphatic heterocycles. The maximum absolute atomic E-state index is 12.8. The molecule has 0 atom stereocenters. The van der Waals surface area contributed by atoms with Crippen molar-refractivity contribution in [3.05, 3.63) is 70.9 Å². The van der Waals surface area contributed by atoms with E-state index in [1.54, 1.807) is 44.2 Å². The van der Waals surface area contributed by atoms with E-state index in [2.05, 4.69) is 15.5 Å². The zero-order chi connectivity index (χ0) is 19.4. The van der Waals surface area contributed by atoms with E-state index in [1.165, 1.54) is 11.8 Å². The molecule has 0 unspecified atom stereocenters. The van der Waals surface area contributed by atoms with Gasteiger partial charge in [0.25, 0.3) is 5.91 Å². The van der Waals surface area contributed by atoms with Crippen LogP contribution in [0.2, 0.25) is 0 Å². The molecule has 0 spiro atoms. The van der Waals surface area contributed by atoms with Gasteiger partial charge in [0.2, 0.25) is 11.8 Å². The lowest BCUT2D eigenvalue weighted by molar-refractivity contribution is 0.0995. The van der Waals surface area contributed by atoms with Gasteiger partial charge in [0.15, 0.2) is 5.82 Å². The summed E-state index contributed by atoms with van der Waals surface area (Å²) in [6, 6.07) is 12.3. The number of primary amides is 1. The maximum atomic E-state index is 12.8. The van der Waals surface area contributed by atoms with E-state index in [0.29, 0.717) is 39.8 Å². The number of amides is 2. The van der Waals surface area contributed by atoms with E-state index in [4.69, 9.17) is 10.3 Å². The van der Waals surface area contributed by atoms with Gasteiger partial charge in [0, 0.05) is 16.1 Å². The summed E-state index contributed by atoms with van der Waals surface area (Å²) in [5, 5.41) is 6.61. The molecule has 0 saturated heterocycles. The molecule has 0 saturated carbocycles. The Balaban J connectivity index is 1.79. The largest absolute Gasteiger partial charge is 0.366 e. The molecule has 27 heavy (non-hydrogen) atoms. The number of nitrogens with two attached hydrogens (primary N) is 1. The molecule has 7 nitrogen and oxygen atoms in total. The number of carbonyl (C=O) groups is 2. The van der Waals surface area contributed by atoms with Gasteiger partial charge in [-0.2, -0.15) is 4.98 Å². The fraction of sp³-hybridized carbons (Fsp3) is 0.158. The van der Waals surface area contributed by atoms with Crippen LogP contribution in [-0.2, 0) is 5.75 Å². The van der Waals surface area contributed by atoms with Crippen LogP contribution in [0.4, 0.5) is 5.69 Å². The van der Waals surface area contributed by atoms with Gasteiger partial charge in [0.1, 0.15) is 0 Å². The normalized spacial score (nSPS) is 10.6. The summed E-state index contributed by atoms with van der Waals surface area (Å²) in [7, 11) is 0. The molecule has 2 amide bonds. The van der Waals surface area contributed by atoms with Crippen LogP contribution in [0.1, 0.15) is 38.0 Å². The van der Waals surface area contributed by atoms with Crippen LogP contribution in [0.15, 0.2) is 51.9 Å². The maximum Gasteiger partial charge on any atom is 0.256 e. The third-order valence-electron chi connectivity index (χ3n) is 3.90. The zero-order valence-corrected chi connectivity index (χ0v) is 15.7. The molecule has 1 aromatic heterocycles. The highest BCUT2D eigenvalue weighted by atomic mass is 32.2. The van der Waals surface area contributed by atoms with Crippen molar-refractivity contribution >= 4 is 29.3 Å². The second-order valence-corrected chi connectivity index (χ2v) is 6.83. The first kappa shape index (κ1) is 18.7. The van der Waals surface area contributed by atoms with Gasteiger partial charge in [-0.25, -0.2) is 0 Å². The number of hydrogen-bond donors (Lipinski definition) is 2. The highest BCUT2D eigenvalue weighted by Gasteiger charge is 2.15. The van der Waals surface area contributed by atoms with Gasteiger partial charge in [0.05, 0.1) is 11.3 Å². The molecule has 0 radical (unpaired) electrons. The third kappa shape index (κ3) is 4.35. The molecule has 8 heteroatoms. The standard InChI is InChI=1S/C19H18N4O3S/c1-11-13(18(20)24)7-5-8-15(11)22-19(25)14-6-3-4-9-16(14)27-10-17-21-12(2)23-26-17/h3-9H,10H2,1-2H3,(H2,20,24)(H,22,25). The smallest absolute Gasteiger partial charge is 0.256 e. The van der Waals surface area contributed by atoms with Gasteiger partial charge in [-0.15, -0.1) is 11.8 Å². The fourth-order valence-corrected chi connectivity index (χ4v) is 3.43. The topological polar surface area (TPSA) is 111 Å². The number of nitrogens with one attached hydrogen (secondary N) is 1. The van der Waals surface area contributed by atoms with E-state index in [1.807, 2.05) is 12.1 Å². The molecular weight excluding hydrogens is 364 g/mol. The minimum absolute atomic E-state index is 0.274. The van der Waals surface area contributed by atoms with Crippen molar-refractivity contribution in [2.75, 3.05) is 5.32 Å². The van der Waals surface area contributed by atoms with Crippen molar-refractivity contribution in [1.82, 2.24) is 10.1 Å². The van der Waals surface area contributed by atoms with Crippen LogP contribution in [-0.4, -0.2) is 22.0 Å². The Kier molecular flexibility index (Phi) is 5.56. The molecule has 0 aliphatic rings. The van der Waals surface area contributed by atoms with Gasteiger partial charge in [-0.05, 0) is 43.7 Å². The highest BCUT2D eigenvalue weighted by Crippen LogP contribution is 2.27. The Labute approximate surface area is 160 Å². The lowest BCUT2D eigenvalue weighted by atomic mass is 10.1. The Morgan fingerprint density at radius 2 is 1.85 bits per heavy atom. The van der Waals surface area contributed by atoms with Crippen molar-refractivity contribution in [2.45, 2.75) is 24.5 Å². The number of hydrogen-bond acceptors (Lipinski definition) is 6. The van der Waals surface area contributed by atoms with Crippen molar-refractivity contribution in [1.29, 1.82) is 0 Å². The molecule has 0 fully saturated rings. The zero-order valence-electron chi connectivity index (χ0n) is 14.9. The summed E-state index contributed by atoms with van der Waals surface area (Å²) in [4.78, 5) is 29.2. The number of thioether (sulfide) groups is 1. The molecule has 2 aromatic carbocycles. The second kappa shape index (κ2) is 8.05. The number of rotatable bonds is 6. The van der Waals surface area contributed by atoms with Gasteiger partial charge < -0.3 is 15.6 Å². The molecule has 0 aliphatic carbocycles. The molecule has 1 heterocycles. The molecule has 3 aromatic rings. The summed E-state index contributed by atoms with van der Waals surface area (Å²) in [6.07, 6.45) is 0. The minimum atomic E-state index is -0.533. The Bertz CT molecular complexity index is 1000. The molecule has 0 bridgehead atoms. The average Bonchev–Trinajstić information content (AvgIpc) is 3.07. The summed E-state index contributed by atoms with van der Waals surface area (Å²) in [5.41, 5.74) is 7.44. The minimum Gasteiger partial charge on any atom is -0.366 e. The van der Waals surface area contributed by atoms with Crippen molar-refractivity contribution in [3.63, 3.8) is 0 Å². The first-order valence-corrected chi connectivity index (χ1v) is 9.16. The molecule has 138 valence electrons. The Morgan fingerprint density at radius 1 is 1.11 bits per heavy atom. The first-order valence-electron chi connectivity index (χ1n) is 8.17. The van der Waals surface area contributed by atoms with E-state index >= 15 is 0 Å². The lowest BCUT2D eigenvalue weighted by Crippen LogP contribution is -2.17. The summed E-state index contributed by atoms with van der Waals surface area (Å²) in [6.45, 7) is 3.50. The summed E-state index contributed by atoms with van der Waals surface area (Å²) < 4.78 is 5.11. The summed E-state index contributed by atoms with van der Waals surface area (Å²) in [5.74, 6) is 0.722. The number of carbonyl (C=O) groups excluding carboxylic acids is 2. The lowest BCUT2D eigenvalue weighted by Gasteiger charge is -2.12. The van der Waals surface area contributed by atoms with Crippen LogP contribution < -0.4 is 11.1 Å². The van der Waals surface area contributed by atoms with Crippen LogP contribution in [0, 0.1) is 13.8 Å². The van der Waals surface area contributed by atoms with Crippen molar-refractivity contribution in [2.24, 2.45) is 5.73 Å². The van der Waals surface area contributed by atoms with Crippen molar-refractivity contribution in [3.8, 4) is 0 Å². The van der Waals surface area contributed by atoms with Crippen LogP contribution in [0.3, 0.4) is 0 Å². The highest BCUT2D eigenvalue weighted by molar-refractivity contribution is 7.98. The van der Waals surface area contributed by atoms with E-state index in [-0.39, 0.29) is 5.91 Å². The SMILES string of the molecule is Cc1noc(CSc2ccccc2C(=O)Nc2cccc(C(N)=O)c2C)n1. The van der Waals surface area contributed by atoms with E-state index < -0.39 is 5.91 Å². The van der Waals surface area contributed by atoms with E-state index in [0.717, 1.165) is 4.90 Å². The number of nitrogens with zero attached hydrogens (tertiary/aromatic N) is 2. The third-order valence-corrected chi connectivity index (χ3v) is 4.96. The number of anilines is 1. The van der Waals surface area contributed by atoms with Crippen LogP contribution in [0.25, 0.3) is 0 Å². The first-order chi connectivity index (χ1) is 13.0. The quantitative estimate of drug-likeness (QED) is 0.633. The van der Waals surface area contributed by atoms with Gasteiger partial charge in [-0.3, -0.25) is 9.59 Å². The Hall–Kier alpha value is -3.13. The van der Waals surface area contributed by atoms with Gasteiger partial charge >= 0.3 is 0 Å². The van der Waals surface area contributed by atoms with Crippen LogP contribution in [0.5, 0.6) is 0 Å². The molecule has 3 rings (SSSR count). The number of benzene rings is 2. The monoisotopic (exact) mass is 382 g/mol. The predicted molar refractivity (Wildman–Crippen MR) is 103 cm³/mol. The van der Waals surface area contributed by atoms with Gasteiger partial charge in [-0.1, -0.05) is 23.4 Å². The fourth-order valence-electron chi connectivity index (χ4n) is 2.55.